The summed E-state index contributed by atoms with van der Waals surface area (Å²) in [6.45, 7) is 7.44. The Kier molecular flexibility index (Phi) is 6.42. The molecule has 1 aromatic carbocycles. The van der Waals surface area contributed by atoms with Gasteiger partial charge < -0.3 is 9.73 Å². The number of anilines is 1. The number of sulfonamides is 1. The van der Waals surface area contributed by atoms with Crippen LogP contribution in [0.2, 0.25) is 0 Å². The molecule has 2 N–H and O–H groups in total. The molecule has 0 fully saturated rings. The number of aromatic nitrogens is 2. The van der Waals surface area contributed by atoms with Gasteiger partial charge in [-0.05, 0) is 56.3 Å². The first-order valence-corrected chi connectivity index (χ1v) is 11.1. The van der Waals surface area contributed by atoms with Crippen LogP contribution in [0.1, 0.15) is 37.0 Å². The van der Waals surface area contributed by atoms with E-state index in [4.69, 9.17) is 4.42 Å². The van der Waals surface area contributed by atoms with Crippen molar-refractivity contribution < 1.29 is 17.6 Å². The van der Waals surface area contributed by atoms with E-state index in [0.29, 0.717) is 11.4 Å². The Bertz CT molecular complexity index is 1100. The van der Waals surface area contributed by atoms with Crippen molar-refractivity contribution in [2.24, 2.45) is 5.92 Å². The molecule has 0 saturated carbocycles. The quantitative estimate of drug-likeness (QED) is 0.571. The minimum atomic E-state index is -3.77. The molecule has 3 rings (SSSR count). The molecular weight excluding hydrogens is 404 g/mol. The van der Waals surface area contributed by atoms with Gasteiger partial charge in [0.05, 0.1) is 16.9 Å². The number of carbonyl (C=O) groups is 1. The lowest BCUT2D eigenvalue weighted by Gasteiger charge is -2.18. The summed E-state index contributed by atoms with van der Waals surface area (Å²) in [5, 5.41) is 7.22. The number of rotatable bonds is 8. The van der Waals surface area contributed by atoms with Crippen molar-refractivity contribution in [1.29, 1.82) is 0 Å². The van der Waals surface area contributed by atoms with Crippen LogP contribution in [0.3, 0.4) is 0 Å². The molecule has 0 aliphatic carbocycles. The van der Waals surface area contributed by atoms with E-state index in [1.54, 1.807) is 49.1 Å². The second-order valence-electron chi connectivity index (χ2n) is 7.42. The average molecular weight is 431 g/mol. The van der Waals surface area contributed by atoms with E-state index < -0.39 is 16.1 Å². The standard InChI is InChI=1S/C21H26N4O4S/c1-14(2)21(26)23-17-7-9-18(10-8-17)30(27,28)22-13-19(20-6-5-11-29-20)25-16(4)12-15(3)24-25/h5-12,14,19,22H,13H2,1-4H3,(H,23,26). The van der Waals surface area contributed by atoms with Crippen LogP contribution in [0.15, 0.2) is 58.0 Å². The Labute approximate surface area is 176 Å². The van der Waals surface area contributed by atoms with Gasteiger partial charge in [-0.15, -0.1) is 0 Å². The van der Waals surface area contributed by atoms with Crippen LogP contribution in [0.25, 0.3) is 0 Å². The van der Waals surface area contributed by atoms with Crippen molar-refractivity contribution in [2.75, 3.05) is 11.9 Å². The van der Waals surface area contributed by atoms with Crippen molar-refractivity contribution in [3.63, 3.8) is 0 Å². The van der Waals surface area contributed by atoms with Gasteiger partial charge in [-0.25, -0.2) is 13.1 Å². The van der Waals surface area contributed by atoms with Crippen molar-refractivity contribution in [2.45, 2.75) is 38.6 Å². The number of benzene rings is 1. The average Bonchev–Trinajstić information content (AvgIpc) is 3.32. The van der Waals surface area contributed by atoms with E-state index >= 15 is 0 Å². The Hall–Kier alpha value is -2.91. The van der Waals surface area contributed by atoms with Crippen molar-refractivity contribution in [1.82, 2.24) is 14.5 Å². The van der Waals surface area contributed by atoms with Gasteiger partial charge in [0.2, 0.25) is 15.9 Å². The van der Waals surface area contributed by atoms with Crippen molar-refractivity contribution in [3.05, 3.63) is 65.9 Å². The molecule has 0 radical (unpaired) electrons. The van der Waals surface area contributed by atoms with Gasteiger partial charge in [-0.2, -0.15) is 5.10 Å². The predicted molar refractivity (Wildman–Crippen MR) is 114 cm³/mol. The topological polar surface area (TPSA) is 106 Å². The molecule has 0 bridgehead atoms. The molecule has 1 unspecified atom stereocenters. The first-order chi connectivity index (χ1) is 14.2. The normalized spacial score (nSPS) is 12.8. The van der Waals surface area contributed by atoms with E-state index in [0.717, 1.165) is 11.4 Å². The molecule has 1 amide bonds. The van der Waals surface area contributed by atoms with Crippen LogP contribution >= 0.6 is 0 Å². The summed E-state index contributed by atoms with van der Waals surface area (Å²) in [4.78, 5) is 11.9. The molecule has 8 nitrogen and oxygen atoms in total. The molecule has 0 aliphatic rings. The van der Waals surface area contributed by atoms with Crippen LogP contribution < -0.4 is 10.0 Å². The Morgan fingerprint density at radius 3 is 2.40 bits per heavy atom. The van der Waals surface area contributed by atoms with Gasteiger partial charge in [-0.3, -0.25) is 9.48 Å². The molecular formula is C21H26N4O4S. The minimum Gasteiger partial charge on any atom is -0.467 e. The molecule has 0 saturated heterocycles. The minimum absolute atomic E-state index is 0.0731. The molecule has 160 valence electrons. The number of carbonyl (C=O) groups excluding carboxylic acids is 1. The molecule has 0 aliphatic heterocycles. The first kappa shape index (κ1) is 21.8. The molecule has 2 heterocycles. The molecule has 3 aromatic rings. The van der Waals surface area contributed by atoms with Gasteiger partial charge in [0.25, 0.3) is 0 Å². The zero-order valence-electron chi connectivity index (χ0n) is 17.4. The SMILES string of the molecule is Cc1cc(C)n(C(CNS(=O)(=O)c2ccc(NC(=O)C(C)C)cc2)c2ccco2)n1. The maximum atomic E-state index is 12.8. The zero-order valence-corrected chi connectivity index (χ0v) is 18.2. The second kappa shape index (κ2) is 8.85. The van der Waals surface area contributed by atoms with E-state index in [-0.39, 0.29) is 23.3 Å². The molecule has 0 spiro atoms. The Morgan fingerprint density at radius 1 is 1.17 bits per heavy atom. The van der Waals surface area contributed by atoms with E-state index in [9.17, 15) is 13.2 Å². The number of nitrogens with one attached hydrogen (secondary N) is 2. The van der Waals surface area contributed by atoms with Crippen molar-refractivity contribution >= 4 is 21.6 Å². The van der Waals surface area contributed by atoms with Crippen LogP contribution in [-0.2, 0) is 14.8 Å². The Balaban J connectivity index is 1.76. The fourth-order valence-corrected chi connectivity index (χ4v) is 4.06. The third kappa shape index (κ3) is 4.98. The fraction of sp³-hybridized carbons (Fsp3) is 0.333. The highest BCUT2D eigenvalue weighted by molar-refractivity contribution is 7.89. The number of hydrogen-bond acceptors (Lipinski definition) is 5. The lowest BCUT2D eigenvalue weighted by atomic mass is 10.2. The summed E-state index contributed by atoms with van der Waals surface area (Å²) < 4.78 is 35.5. The number of nitrogens with zero attached hydrogens (tertiary/aromatic N) is 2. The van der Waals surface area contributed by atoms with Gasteiger partial charge in [0.1, 0.15) is 11.8 Å². The highest BCUT2D eigenvalue weighted by Gasteiger charge is 2.23. The first-order valence-electron chi connectivity index (χ1n) is 9.64. The van der Waals surface area contributed by atoms with E-state index in [1.807, 2.05) is 19.9 Å². The van der Waals surface area contributed by atoms with Crippen LogP contribution in [-0.4, -0.2) is 30.7 Å². The molecule has 2 aromatic heterocycles. The van der Waals surface area contributed by atoms with E-state index in [1.165, 1.54) is 12.1 Å². The fourth-order valence-electron chi connectivity index (χ4n) is 3.03. The zero-order chi connectivity index (χ0) is 21.9. The number of hydrogen-bond donors (Lipinski definition) is 2. The summed E-state index contributed by atoms with van der Waals surface area (Å²) in [6.07, 6.45) is 1.55. The lowest BCUT2D eigenvalue weighted by molar-refractivity contribution is -0.118. The lowest BCUT2D eigenvalue weighted by Crippen LogP contribution is -2.32. The largest absolute Gasteiger partial charge is 0.467 e. The maximum absolute atomic E-state index is 12.8. The van der Waals surface area contributed by atoms with Crippen LogP contribution in [0, 0.1) is 19.8 Å². The summed E-state index contributed by atoms with van der Waals surface area (Å²) in [7, 11) is -3.77. The smallest absolute Gasteiger partial charge is 0.240 e. The third-order valence-electron chi connectivity index (χ3n) is 4.63. The summed E-state index contributed by atoms with van der Waals surface area (Å²) >= 11 is 0. The summed E-state index contributed by atoms with van der Waals surface area (Å²) in [5.41, 5.74) is 2.29. The third-order valence-corrected chi connectivity index (χ3v) is 6.07. The Morgan fingerprint density at radius 2 is 1.87 bits per heavy atom. The second-order valence-corrected chi connectivity index (χ2v) is 9.19. The highest BCUT2D eigenvalue weighted by Crippen LogP contribution is 2.22. The van der Waals surface area contributed by atoms with Gasteiger partial charge in [0.15, 0.2) is 0 Å². The highest BCUT2D eigenvalue weighted by atomic mass is 32.2. The van der Waals surface area contributed by atoms with Gasteiger partial charge in [-0.1, -0.05) is 13.8 Å². The molecule has 9 heteroatoms. The summed E-state index contributed by atoms with van der Waals surface area (Å²) in [6, 6.07) is 11.1. The molecule has 1 atom stereocenters. The monoisotopic (exact) mass is 430 g/mol. The maximum Gasteiger partial charge on any atom is 0.240 e. The number of amides is 1. The molecule has 30 heavy (non-hydrogen) atoms. The van der Waals surface area contributed by atoms with Gasteiger partial charge in [0, 0.05) is 23.8 Å². The van der Waals surface area contributed by atoms with E-state index in [2.05, 4.69) is 15.1 Å². The van der Waals surface area contributed by atoms with Crippen LogP contribution in [0.4, 0.5) is 5.69 Å². The van der Waals surface area contributed by atoms with Crippen molar-refractivity contribution in [3.8, 4) is 0 Å². The van der Waals surface area contributed by atoms with Crippen LogP contribution in [0.5, 0.6) is 0 Å². The van der Waals surface area contributed by atoms with Gasteiger partial charge >= 0.3 is 0 Å². The predicted octanol–water partition coefficient (Wildman–Crippen LogP) is 3.26. The number of aryl methyl sites for hydroxylation is 2. The number of furan rings is 1. The summed E-state index contributed by atoms with van der Waals surface area (Å²) in [5.74, 6) is 0.313.